The van der Waals surface area contributed by atoms with Crippen molar-refractivity contribution in [2.75, 3.05) is 13.7 Å². The van der Waals surface area contributed by atoms with Crippen molar-refractivity contribution in [2.45, 2.75) is 43.9 Å². The number of esters is 1. The maximum absolute atomic E-state index is 12.2. The summed E-state index contributed by atoms with van der Waals surface area (Å²) >= 11 is 0. The van der Waals surface area contributed by atoms with Gasteiger partial charge in [-0.25, -0.2) is 8.42 Å². The van der Waals surface area contributed by atoms with Crippen LogP contribution in [0.15, 0.2) is 0 Å². The van der Waals surface area contributed by atoms with Gasteiger partial charge in [0.2, 0.25) is 10.0 Å². The van der Waals surface area contributed by atoms with Gasteiger partial charge in [-0.1, -0.05) is 12.8 Å². The van der Waals surface area contributed by atoms with Gasteiger partial charge in [0.05, 0.1) is 13.2 Å². The molecule has 1 fully saturated rings. The summed E-state index contributed by atoms with van der Waals surface area (Å²) in [4.78, 5) is 11.3. The highest BCUT2D eigenvalue weighted by molar-refractivity contribution is 7.90. The van der Waals surface area contributed by atoms with Crippen molar-refractivity contribution < 1.29 is 17.9 Å². The molecule has 7 heteroatoms. The third-order valence-electron chi connectivity index (χ3n) is 3.20. The minimum absolute atomic E-state index is 0.190. The molecule has 0 aliphatic heterocycles. The predicted octanol–water partition coefficient (Wildman–Crippen LogP) is 0.646. The van der Waals surface area contributed by atoms with E-state index in [1.54, 1.807) is 6.07 Å². The average molecular weight is 274 g/mol. The van der Waals surface area contributed by atoms with Crippen molar-refractivity contribution in [1.29, 1.82) is 5.26 Å². The molecule has 1 aliphatic rings. The van der Waals surface area contributed by atoms with E-state index in [9.17, 15) is 13.2 Å². The summed E-state index contributed by atoms with van der Waals surface area (Å²) in [6.45, 7) is 1.02. The average Bonchev–Trinajstić information content (AvgIpc) is 2.87. The molecule has 0 aromatic rings. The molecule has 6 nitrogen and oxygen atoms in total. The Labute approximate surface area is 108 Å². The third-order valence-corrected chi connectivity index (χ3v) is 5.28. The number of nitriles is 1. The topological polar surface area (TPSA) is 87.5 Å². The molecule has 0 spiro atoms. The van der Waals surface area contributed by atoms with Crippen molar-refractivity contribution in [3.8, 4) is 6.07 Å². The standard InChI is InChI=1S/C11H18N2O4S/c1-9(7-12)18(15,16)13(8-11(14)17-2)10-5-3-4-6-10/h9-10H,3-6,8H2,1-2H3. The van der Waals surface area contributed by atoms with Gasteiger partial charge in [0, 0.05) is 6.04 Å². The molecule has 0 aromatic heterocycles. The fourth-order valence-electron chi connectivity index (χ4n) is 2.08. The van der Waals surface area contributed by atoms with Crippen molar-refractivity contribution in [3.63, 3.8) is 0 Å². The zero-order chi connectivity index (χ0) is 13.8. The lowest BCUT2D eigenvalue weighted by Gasteiger charge is -2.27. The lowest BCUT2D eigenvalue weighted by Crippen LogP contribution is -2.45. The van der Waals surface area contributed by atoms with Crippen LogP contribution < -0.4 is 0 Å². The Kier molecular flexibility index (Phi) is 5.11. The summed E-state index contributed by atoms with van der Waals surface area (Å²) in [5, 5.41) is 7.63. The summed E-state index contributed by atoms with van der Waals surface area (Å²) in [5.41, 5.74) is 0. The molecular weight excluding hydrogens is 256 g/mol. The Bertz CT molecular complexity index is 434. The molecule has 0 bridgehead atoms. The predicted molar refractivity (Wildman–Crippen MR) is 65.0 cm³/mol. The normalized spacial score (nSPS) is 18.6. The van der Waals surface area contributed by atoms with Crippen LogP contribution in [0.4, 0.5) is 0 Å². The first-order valence-corrected chi connectivity index (χ1v) is 7.41. The van der Waals surface area contributed by atoms with Crippen molar-refractivity contribution in [2.24, 2.45) is 0 Å². The number of methoxy groups -OCH3 is 1. The van der Waals surface area contributed by atoms with Gasteiger partial charge in [-0.2, -0.15) is 9.57 Å². The van der Waals surface area contributed by atoms with Crippen LogP contribution in [0.2, 0.25) is 0 Å². The molecule has 0 saturated heterocycles. The molecule has 102 valence electrons. The van der Waals surface area contributed by atoms with Crippen molar-refractivity contribution in [3.05, 3.63) is 0 Å². The van der Waals surface area contributed by atoms with Crippen LogP contribution >= 0.6 is 0 Å². The molecule has 1 unspecified atom stereocenters. The van der Waals surface area contributed by atoms with Gasteiger partial charge in [-0.3, -0.25) is 4.79 Å². The zero-order valence-electron chi connectivity index (χ0n) is 10.6. The summed E-state index contributed by atoms with van der Waals surface area (Å²) < 4.78 is 30.1. The van der Waals surface area contributed by atoms with E-state index in [1.165, 1.54) is 14.0 Å². The van der Waals surface area contributed by atoms with E-state index < -0.39 is 21.2 Å². The van der Waals surface area contributed by atoms with Crippen LogP contribution in [0.5, 0.6) is 0 Å². The quantitative estimate of drug-likeness (QED) is 0.687. The van der Waals surface area contributed by atoms with Crippen LogP contribution in [0.25, 0.3) is 0 Å². The summed E-state index contributed by atoms with van der Waals surface area (Å²) in [6.07, 6.45) is 3.35. The van der Waals surface area contributed by atoms with Crippen LogP contribution in [0, 0.1) is 11.3 Å². The van der Waals surface area contributed by atoms with Gasteiger partial charge in [-0.05, 0) is 19.8 Å². The van der Waals surface area contributed by atoms with Gasteiger partial charge in [0.25, 0.3) is 0 Å². The van der Waals surface area contributed by atoms with Crippen molar-refractivity contribution in [1.82, 2.24) is 4.31 Å². The number of ether oxygens (including phenoxy) is 1. The molecule has 1 rings (SSSR count). The molecule has 0 amide bonds. The third kappa shape index (κ3) is 3.21. The molecule has 0 N–H and O–H groups in total. The highest BCUT2D eigenvalue weighted by atomic mass is 32.2. The Hall–Kier alpha value is -1.13. The first-order chi connectivity index (χ1) is 8.43. The van der Waals surface area contributed by atoms with E-state index in [-0.39, 0.29) is 12.6 Å². The van der Waals surface area contributed by atoms with Crippen molar-refractivity contribution >= 4 is 16.0 Å². The van der Waals surface area contributed by atoms with E-state index in [0.717, 1.165) is 30.0 Å². The Balaban J connectivity index is 2.96. The van der Waals surface area contributed by atoms with Gasteiger partial charge >= 0.3 is 5.97 Å². The van der Waals surface area contributed by atoms with E-state index in [2.05, 4.69) is 4.74 Å². The highest BCUT2D eigenvalue weighted by Crippen LogP contribution is 2.27. The highest BCUT2D eigenvalue weighted by Gasteiger charge is 2.37. The fraction of sp³-hybridized carbons (Fsp3) is 0.818. The van der Waals surface area contributed by atoms with Gasteiger partial charge in [0.15, 0.2) is 5.25 Å². The SMILES string of the molecule is COC(=O)CN(C1CCCC1)S(=O)(=O)C(C)C#N. The second-order valence-corrected chi connectivity index (χ2v) is 6.58. The molecule has 1 saturated carbocycles. The maximum Gasteiger partial charge on any atom is 0.321 e. The molecule has 0 aromatic carbocycles. The Morgan fingerprint density at radius 2 is 2.06 bits per heavy atom. The minimum Gasteiger partial charge on any atom is -0.468 e. The van der Waals surface area contributed by atoms with Crippen LogP contribution in [-0.2, 0) is 19.6 Å². The number of rotatable bonds is 5. The minimum atomic E-state index is -3.77. The summed E-state index contributed by atoms with van der Waals surface area (Å²) in [7, 11) is -2.55. The van der Waals surface area contributed by atoms with E-state index in [4.69, 9.17) is 5.26 Å². The van der Waals surface area contributed by atoms with Crippen LogP contribution in [-0.4, -0.2) is 43.6 Å². The second kappa shape index (κ2) is 6.16. The number of sulfonamides is 1. The van der Waals surface area contributed by atoms with Gasteiger partial charge in [0.1, 0.15) is 6.54 Å². The fourth-order valence-corrected chi connectivity index (χ4v) is 3.53. The smallest absolute Gasteiger partial charge is 0.321 e. The number of hydrogen-bond acceptors (Lipinski definition) is 5. The van der Waals surface area contributed by atoms with E-state index in [1.807, 2.05) is 0 Å². The zero-order valence-corrected chi connectivity index (χ0v) is 11.4. The summed E-state index contributed by atoms with van der Waals surface area (Å²) in [5.74, 6) is -0.601. The second-order valence-electron chi connectivity index (χ2n) is 4.38. The van der Waals surface area contributed by atoms with Gasteiger partial charge in [-0.15, -0.1) is 0 Å². The lowest BCUT2D eigenvalue weighted by atomic mass is 10.2. The first kappa shape index (κ1) is 14.9. The maximum atomic E-state index is 12.2. The largest absolute Gasteiger partial charge is 0.468 e. The van der Waals surface area contributed by atoms with Crippen LogP contribution in [0.3, 0.4) is 0 Å². The first-order valence-electron chi connectivity index (χ1n) is 5.90. The number of carbonyl (C=O) groups is 1. The molecule has 18 heavy (non-hydrogen) atoms. The molecular formula is C11H18N2O4S. The molecule has 0 radical (unpaired) electrons. The van der Waals surface area contributed by atoms with Gasteiger partial charge < -0.3 is 4.74 Å². The Morgan fingerprint density at radius 3 is 2.50 bits per heavy atom. The van der Waals surface area contributed by atoms with Crippen LogP contribution in [0.1, 0.15) is 32.6 Å². The Morgan fingerprint density at radius 1 is 1.50 bits per heavy atom. The molecule has 1 aliphatic carbocycles. The number of nitrogens with zero attached hydrogens (tertiary/aromatic N) is 2. The lowest BCUT2D eigenvalue weighted by molar-refractivity contribution is -0.141. The van der Waals surface area contributed by atoms with E-state index >= 15 is 0 Å². The molecule has 0 heterocycles. The monoisotopic (exact) mass is 274 g/mol. The van der Waals surface area contributed by atoms with E-state index in [0.29, 0.717) is 0 Å². The number of hydrogen-bond donors (Lipinski definition) is 0. The molecule has 1 atom stereocenters. The number of carbonyl (C=O) groups excluding carboxylic acids is 1. The summed E-state index contributed by atoms with van der Waals surface area (Å²) in [6, 6.07) is 1.53.